The second kappa shape index (κ2) is 9.13. The highest BCUT2D eigenvalue weighted by atomic mass is 32.2. The standard InChI is InChI=1S/C18H26N2O7S/c1-9(21)24-8-13-15(25-10(2)22)16(26-11(3)23)14-17(27-13)28-18(20-14)19-7-6-12-4-5-12/h12-17H,4-8H2,1-3H3,(H,19,20)/t13-,14-,15-,16-,17-/m1/s1. The number of ether oxygens (including phenoxy) is 4. The second-order valence-corrected chi connectivity index (χ2v) is 8.28. The van der Waals surface area contributed by atoms with Crippen LogP contribution >= 0.6 is 11.8 Å². The molecular weight excluding hydrogens is 388 g/mol. The third-order valence-electron chi connectivity index (χ3n) is 4.69. The molecule has 9 nitrogen and oxygen atoms in total. The fourth-order valence-electron chi connectivity index (χ4n) is 3.27. The van der Waals surface area contributed by atoms with Crippen LogP contribution < -0.4 is 5.32 Å². The largest absolute Gasteiger partial charge is 0.463 e. The number of thioether (sulfide) groups is 1. The zero-order valence-electron chi connectivity index (χ0n) is 16.2. The summed E-state index contributed by atoms with van der Waals surface area (Å²) in [5, 5.41) is 4.01. The van der Waals surface area contributed by atoms with Crippen molar-refractivity contribution in [2.75, 3.05) is 13.2 Å². The molecule has 0 spiro atoms. The molecule has 1 N–H and O–H groups in total. The monoisotopic (exact) mass is 414 g/mol. The van der Waals surface area contributed by atoms with E-state index in [1.165, 1.54) is 45.4 Å². The predicted octanol–water partition coefficient (Wildman–Crippen LogP) is 0.999. The Kier molecular flexibility index (Phi) is 6.82. The molecule has 0 bridgehead atoms. The maximum Gasteiger partial charge on any atom is 0.303 e. The number of carbonyl (C=O) groups is 3. The van der Waals surface area contributed by atoms with Crippen LogP contribution in [0, 0.1) is 5.92 Å². The molecule has 1 saturated heterocycles. The quantitative estimate of drug-likeness (QED) is 0.481. The predicted molar refractivity (Wildman–Crippen MR) is 101 cm³/mol. The number of esters is 3. The highest BCUT2D eigenvalue weighted by Gasteiger charge is 2.53. The summed E-state index contributed by atoms with van der Waals surface area (Å²) in [6.07, 6.45) is 1.16. The van der Waals surface area contributed by atoms with Crippen LogP contribution in [0.2, 0.25) is 0 Å². The molecule has 0 aromatic heterocycles. The Labute approximate surface area is 167 Å². The molecular formula is C18H26N2O7S. The molecule has 0 radical (unpaired) electrons. The van der Waals surface area contributed by atoms with E-state index in [0.29, 0.717) is 5.17 Å². The maximum absolute atomic E-state index is 11.7. The van der Waals surface area contributed by atoms with Gasteiger partial charge in [-0.2, -0.15) is 0 Å². The summed E-state index contributed by atoms with van der Waals surface area (Å²) in [5.74, 6) is -0.735. The van der Waals surface area contributed by atoms with Crippen LogP contribution in [0.25, 0.3) is 0 Å². The van der Waals surface area contributed by atoms with Gasteiger partial charge in [0.1, 0.15) is 24.2 Å². The number of hydrogen-bond donors (Lipinski definition) is 1. The van der Waals surface area contributed by atoms with Crippen molar-refractivity contribution in [2.24, 2.45) is 10.9 Å². The number of nitrogens with one attached hydrogen (secondary N) is 1. The van der Waals surface area contributed by atoms with Gasteiger partial charge in [-0.1, -0.05) is 24.6 Å². The Balaban J connectivity index is 1.74. The van der Waals surface area contributed by atoms with E-state index in [2.05, 4.69) is 10.3 Å². The number of amidine groups is 1. The highest BCUT2D eigenvalue weighted by Crippen LogP contribution is 2.39. The fourth-order valence-corrected chi connectivity index (χ4v) is 4.41. The van der Waals surface area contributed by atoms with E-state index in [1.54, 1.807) is 0 Å². The lowest BCUT2D eigenvalue weighted by Gasteiger charge is -2.41. The third kappa shape index (κ3) is 5.60. The minimum absolute atomic E-state index is 0.112. The van der Waals surface area contributed by atoms with Gasteiger partial charge in [-0.25, -0.2) is 0 Å². The number of carbonyl (C=O) groups excluding carboxylic acids is 3. The molecule has 1 saturated carbocycles. The fraction of sp³-hybridized carbons (Fsp3) is 0.778. The van der Waals surface area contributed by atoms with E-state index in [1.807, 2.05) is 0 Å². The van der Waals surface area contributed by atoms with E-state index >= 15 is 0 Å². The lowest BCUT2D eigenvalue weighted by Crippen LogP contribution is -2.59. The molecule has 10 heteroatoms. The van der Waals surface area contributed by atoms with Crippen molar-refractivity contribution in [3.8, 4) is 0 Å². The first-order chi connectivity index (χ1) is 13.3. The lowest BCUT2D eigenvalue weighted by molar-refractivity contribution is -0.208. The van der Waals surface area contributed by atoms with Gasteiger partial charge in [0.25, 0.3) is 0 Å². The van der Waals surface area contributed by atoms with Crippen LogP contribution in [-0.2, 0) is 33.3 Å². The number of fused-ring (bicyclic) bond motifs is 1. The highest BCUT2D eigenvalue weighted by molar-refractivity contribution is 8.14. The maximum atomic E-state index is 11.7. The van der Waals surface area contributed by atoms with Crippen molar-refractivity contribution in [2.45, 2.75) is 69.8 Å². The Morgan fingerprint density at radius 3 is 2.39 bits per heavy atom. The second-order valence-electron chi connectivity index (χ2n) is 7.20. The van der Waals surface area contributed by atoms with Crippen LogP contribution in [-0.4, -0.2) is 66.0 Å². The summed E-state index contributed by atoms with van der Waals surface area (Å²) in [6.45, 7) is 4.54. The first-order valence-electron chi connectivity index (χ1n) is 9.45. The van der Waals surface area contributed by atoms with E-state index < -0.39 is 47.7 Å². The average Bonchev–Trinajstić information content (AvgIpc) is 3.33. The minimum atomic E-state index is -0.919. The minimum Gasteiger partial charge on any atom is -0.463 e. The Bertz CT molecular complexity index is 652. The number of nitrogens with zero attached hydrogens (tertiary/aromatic N) is 1. The van der Waals surface area contributed by atoms with Gasteiger partial charge >= 0.3 is 17.9 Å². The normalized spacial score (nSPS) is 31.4. The van der Waals surface area contributed by atoms with Crippen molar-refractivity contribution in [1.82, 2.24) is 5.32 Å². The van der Waals surface area contributed by atoms with Crippen molar-refractivity contribution in [3.63, 3.8) is 0 Å². The van der Waals surface area contributed by atoms with Gasteiger partial charge in [0.15, 0.2) is 17.4 Å². The van der Waals surface area contributed by atoms with Crippen LogP contribution in [0.1, 0.15) is 40.0 Å². The molecule has 1 aliphatic carbocycles. The van der Waals surface area contributed by atoms with Crippen LogP contribution in [0.4, 0.5) is 0 Å². The first-order valence-corrected chi connectivity index (χ1v) is 10.3. The zero-order chi connectivity index (χ0) is 20.3. The molecule has 5 atom stereocenters. The molecule has 0 aromatic carbocycles. The number of aliphatic imine (C=N–C) groups is 1. The van der Waals surface area contributed by atoms with Gasteiger partial charge in [0, 0.05) is 27.3 Å². The summed E-state index contributed by atoms with van der Waals surface area (Å²) in [4.78, 5) is 39.1. The van der Waals surface area contributed by atoms with Crippen LogP contribution in [0.15, 0.2) is 4.99 Å². The molecule has 0 amide bonds. The van der Waals surface area contributed by atoms with Gasteiger partial charge in [0.2, 0.25) is 0 Å². The van der Waals surface area contributed by atoms with Gasteiger partial charge < -0.3 is 24.3 Å². The van der Waals surface area contributed by atoms with Crippen molar-refractivity contribution >= 4 is 34.8 Å². The van der Waals surface area contributed by atoms with E-state index in [4.69, 9.17) is 18.9 Å². The zero-order valence-corrected chi connectivity index (χ0v) is 17.0. The Morgan fingerprint density at radius 2 is 1.79 bits per heavy atom. The number of hydrogen-bond acceptors (Lipinski definition) is 10. The first kappa shape index (κ1) is 20.9. The average molecular weight is 414 g/mol. The van der Waals surface area contributed by atoms with Crippen LogP contribution in [0.5, 0.6) is 0 Å². The molecule has 28 heavy (non-hydrogen) atoms. The molecule has 156 valence electrons. The number of rotatable bonds is 7. The Hall–Kier alpha value is -1.81. The summed E-state index contributed by atoms with van der Waals surface area (Å²) in [5.41, 5.74) is -0.430. The molecule has 0 aromatic rings. The molecule has 3 rings (SSSR count). The van der Waals surface area contributed by atoms with Gasteiger partial charge in [-0.3, -0.25) is 19.4 Å². The lowest BCUT2D eigenvalue weighted by atomic mass is 9.98. The van der Waals surface area contributed by atoms with Gasteiger partial charge in [-0.05, 0) is 12.3 Å². The molecule has 2 fully saturated rings. The molecule has 3 aliphatic rings. The van der Waals surface area contributed by atoms with Gasteiger partial charge in [0.05, 0.1) is 0 Å². The smallest absolute Gasteiger partial charge is 0.303 e. The topological polar surface area (TPSA) is 113 Å². The van der Waals surface area contributed by atoms with Crippen LogP contribution in [0.3, 0.4) is 0 Å². The van der Waals surface area contributed by atoms with Crippen molar-refractivity contribution in [3.05, 3.63) is 0 Å². The van der Waals surface area contributed by atoms with E-state index in [0.717, 1.165) is 18.9 Å². The van der Waals surface area contributed by atoms with E-state index in [9.17, 15) is 14.4 Å². The summed E-state index contributed by atoms with van der Waals surface area (Å²) in [7, 11) is 0. The Morgan fingerprint density at radius 1 is 1.11 bits per heavy atom. The molecule has 2 aliphatic heterocycles. The summed E-state index contributed by atoms with van der Waals surface area (Å²) < 4.78 is 21.9. The molecule has 2 heterocycles. The van der Waals surface area contributed by atoms with E-state index in [-0.39, 0.29) is 6.61 Å². The van der Waals surface area contributed by atoms with Crippen molar-refractivity contribution in [1.29, 1.82) is 0 Å². The summed E-state index contributed by atoms with van der Waals surface area (Å²) >= 11 is 1.40. The van der Waals surface area contributed by atoms with Gasteiger partial charge in [-0.15, -0.1) is 0 Å². The summed E-state index contributed by atoms with van der Waals surface area (Å²) in [6, 6.07) is -0.518. The van der Waals surface area contributed by atoms with Crippen molar-refractivity contribution < 1.29 is 33.3 Å². The molecule has 0 unspecified atom stereocenters. The SMILES string of the molecule is CC(=O)OC[C@H]1O[C@@H]2SC(NCCC3CC3)=N[C@@H]2[C@@H](OC(C)=O)[C@@H]1OC(C)=O. The third-order valence-corrected chi connectivity index (χ3v) is 5.78.